The molecule has 1 aromatic rings. The molecule has 0 bridgehead atoms. The summed E-state index contributed by atoms with van der Waals surface area (Å²) >= 11 is 5.93. The smallest absolute Gasteiger partial charge is 0.227 e. The molecule has 0 heterocycles. The Labute approximate surface area is 93.6 Å². The summed E-state index contributed by atoms with van der Waals surface area (Å²) in [6.07, 6.45) is 0.964. The molecule has 0 aliphatic heterocycles. The number of hydrogen-bond donors (Lipinski definition) is 2. The number of carbonyl (C=O) groups is 1. The monoisotopic (exact) mass is 224 g/mol. The van der Waals surface area contributed by atoms with Crippen molar-refractivity contribution in [2.45, 2.75) is 13.3 Å². The molecule has 3 N–H and O–H groups in total. The number of benzene rings is 1. The predicted molar refractivity (Wildman–Crippen MR) is 61.8 cm³/mol. The molecule has 1 saturated carbocycles. The summed E-state index contributed by atoms with van der Waals surface area (Å²) in [7, 11) is 0. The third-order valence-corrected chi connectivity index (χ3v) is 3.02. The van der Waals surface area contributed by atoms with Crippen molar-refractivity contribution in [1.29, 1.82) is 0 Å². The first-order valence-electron chi connectivity index (χ1n) is 4.94. The molecule has 0 aromatic heterocycles. The van der Waals surface area contributed by atoms with Gasteiger partial charge in [-0.3, -0.25) is 4.79 Å². The number of anilines is 2. The van der Waals surface area contributed by atoms with Gasteiger partial charge in [0.15, 0.2) is 0 Å². The van der Waals surface area contributed by atoms with Gasteiger partial charge in [-0.2, -0.15) is 0 Å². The van der Waals surface area contributed by atoms with Crippen LogP contribution in [0.15, 0.2) is 18.2 Å². The van der Waals surface area contributed by atoms with Crippen LogP contribution in [0.4, 0.5) is 11.4 Å². The maximum absolute atomic E-state index is 11.6. The van der Waals surface area contributed by atoms with Gasteiger partial charge in [-0.25, -0.2) is 0 Å². The van der Waals surface area contributed by atoms with E-state index in [-0.39, 0.29) is 11.8 Å². The topological polar surface area (TPSA) is 55.1 Å². The highest BCUT2D eigenvalue weighted by Crippen LogP contribution is 2.39. The van der Waals surface area contributed by atoms with E-state index in [0.717, 1.165) is 6.42 Å². The van der Waals surface area contributed by atoms with E-state index >= 15 is 0 Å². The summed E-state index contributed by atoms with van der Waals surface area (Å²) in [5.41, 5.74) is 6.81. The summed E-state index contributed by atoms with van der Waals surface area (Å²) in [6, 6.07) is 5.06. The van der Waals surface area contributed by atoms with Crippen LogP contribution in [0.1, 0.15) is 13.3 Å². The maximum atomic E-state index is 11.6. The van der Waals surface area contributed by atoms with Crippen LogP contribution in [0.5, 0.6) is 0 Å². The lowest BCUT2D eigenvalue weighted by Crippen LogP contribution is -2.14. The molecule has 15 heavy (non-hydrogen) atoms. The fourth-order valence-corrected chi connectivity index (χ4v) is 1.72. The van der Waals surface area contributed by atoms with Crippen molar-refractivity contribution < 1.29 is 4.79 Å². The van der Waals surface area contributed by atoms with Gasteiger partial charge in [-0.15, -0.1) is 0 Å². The van der Waals surface area contributed by atoms with Crippen molar-refractivity contribution in [2.24, 2.45) is 11.8 Å². The van der Waals surface area contributed by atoms with Crippen LogP contribution in [0.3, 0.4) is 0 Å². The molecule has 80 valence electrons. The third-order valence-electron chi connectivity index (χ3n) is 2.69. The minimum atomic E-state index is 0.0370. The lowest BCUT2D eigenvalue weighted by molar-refractivity contribution is -0.117. The molecule has 2 rings (SSSR count). The second-order valence-electron chi connectivity index (χ2n) is 4.05. The standard InChI is InChI=1S/C11H13ClN2O/c1-6-4-8(6)11(15)14-10-5-7(13)2-3-9(10)12/h2-3,5-6,8H,4,13H2,1H3,(H,14,15). The molecule has 0 radical (unpaired) electrons. The van der Waals surface area contributed by atoms with Crippen LogP contribution in [0.25, 0.3) is 0 Å². The normalized spacial score (nSPS) is 23.6. The van der Waals surface area contributed by atoms with E-state index in [1.54, 1.807) is 18.2 Å². The molecule has 1 amide bonds. The number of carbonyl (C=O) groups excluding carboxylic acids is 1. The Morgan fingerprint density at radius 1 is 1.60 bits per heavy atom. The van der Waals surface area contributed by atoms with Crippen molar-refractivity contribution in [2.75, 3.05) is 11.1 Å². The number of nitrogen functional groups attached to an aromatic ring is 1. The van der Waals surface area contributed by atoms with Gasteiger partial charge in [0.1, 0.15) is 0 Å². The van der Waals surface area contributed by atoms with Crippen molar-refractivity contribution in [3.63, 3.8) is 0 Å². The molecule has 1 fully saturated rings. The van der Waals surface area contributed by atoms with E-state index in [0.29, 0.717) is 22.3 Å². The SMILES string of the molecule is CC1CC1C(=O)Nc1cc(N)ccc1Cl. The fourth-order valence-electron chi connectivity index (χ4n) is 1.55. The van der Waals surface area contributed by atoms with Gasteiger partial charge in [0, 0.05) is 11.6 Å². The summed E-state index contributed by atoms with van der Waals surface area (Å²) in [5.74, 6) is 0.669. The molecule has 2 atom stereocenters. The molecule has 1 aliphatic carbocycles. The zero-order chi connectivity index (χ0) is 11.0. The van der Waals surface area contributed by atoms with E-state index in [4.69, 9.17) is 17.3 Å². The first-order valence-corrected chi connectivity index (χ1v) is 5.31. The zero-order valence-electron chi connectivity index (χ0n) is 8.46. The van der Waals surface area contributed by atoms with Crippen molar-refractivity contribution in [3.8, 4) is 0 Å². The van der Waals surface area contributed by atoms with Crippen molar-refractivity contribution in [3.05, 3.63) is 23.2 Å². The first kappa shape index (κ1) is 10.3. The van der Waals surface area contributed by atoms with Gasteiger partial charge in [0.2, 0.25) is 5.91 Å². The zero-order valence-corrected chi connectivity index (χ0v) is 9.21. The van der Waals surface area contributed by atoms with Crippen LogP contribution in [0.2, 0.25) is 5.02 Å². The highest BCUT2D eigenvalue weighted by molar-refractivity contribution is 6.33. The second-order valence-corrected chi connectivity index (χ2v) is 4.46. The molecule has 3 nitrogen and oxygen atoms in total. The lowest BCUT2D eigenvalue weighted by atomic mass is 10.2. The molecule has 0 saturated heterocycles. The quantitative estimate of drug-likeness (QED) is 0.759. The summed E-state index contributed by atoms with van der Waals surface area (Å²) < 4.78 is 0. The Bertz CT molecular complexity index is 406. The Balaban J connectivity index is 2.10. The molecular formula is C11H13ClN2O. The van der Waals surface area contributed by atoms with E-state index < -0.39 is 0 Å². The van der Waals surface area contributed by atoms with Crippen LogP contribution in [-0.2, 0) is 4.79 Å². The minimum Gasteiger partial charge on any atom is -0.399 e. The Morgan fingerprint density at radius 2 is 2.27 bits per heavy atom. The van der Waals surface area contributed by atoms with Crippen molar-refractivity contribution >= 4 is 28.9 Å². The highest BCUT2D eigenvalue weighted by Gasteiger charge is 2.39. The Morgan fingerprint density at radius 3 is 2.87 bits per heavy atom. The van der Waals surface area contributed by atoms with Gasteiger partial charge in [0.05, 0.1) is 10.7 Å². The third kappa shape index (κ3) is 2.23. The van der Waals surface area contributed by atoms with Crippen LogP contribution >= 0.6 is 11.6 Å². The molecule has 1 aliphatic rings. The number of nitrogens with two attached hydrogens (primary N) is 1. The maximum Gasteiger partial charge on any atom is 0.227 e. The van der Waals surface area contributed by atoms with Crippen LogP contribution in [0, 0.1) is 11.8 Å². The van der Waals surface area contributed by atoms with E-state index in [1.807, 2.05) is 0 Å². The highest BCUT2D eigenvalue weighted by atomic mass is 35.5. The number of hydrogen-bond acceptors (Lipinski definition) is 2. The van der Waals surface area contributed by atoms with E-state index in [9.17, 15) is 4.79 Å². The fraction of sp³-hybridized carbons (Fsp3) is 0.364. The van der Waals surface area contributed by atoms with Gasteiger partial charge >= 0.3 is 0 Å². The number of halogens is 1. The van der Waals surface area contributed by atoms with Gasteiger partial charge in [-0.05, 0) is 30.5 Å². The van der Waals surface area contributed by atoms with E-state index in [2.05, 4.69) is 12.2 Å². The predicted octanol–water partition coefficient (Wildman–Crippen LogP) is 2.52. The lowest BCUT2D eigenvalue weighted by Gasteiger charge is -2.07. The molecule has 2 unspecified atom stereocenters. The van der Waals surface area contributed by atoms with Crippen molar-refractivity contribution in [1.82, 2.24) is 0 Å². The molecular weight excluding hydrogens is 212 g/mol. The summed E-state index contributed by atoms with van der Waals surface area (Å²) in [6.45, 7) is 2.06. The van der Waals surface area contributed by atoms with Crippen LogP contribution in [-0.4, -0.2) is 5.91 Å². The molecule has 4 heteroatoms. The average molecular weight is 225 g/mol. The first-order chi connectivity index (χ1) is 7.08. The minimum absolute atomic E-state index is 0.0370. The number of nitrogens with one attached hydrogen (secondary N) is 1. The Kier molecular flexibility index (Phi) is 2.57. The summed E-state index contributed by atoms with van der Waals surface area (Å²) in [4.78, 5) is 11.6. The van der Waals surface area contributed by atoms with E-state index in [1.165, 1.54) is 0 Å². The summed E-state index contributed by atoms with van der Waals surface area (Å²) in [5, 5.41) is 3.31. The second kappa shape index (κ2) is 3.74. The number of rotatable bonds is 2. The van der Waals surface area contributed by atoms with Gasteiger partial charge in [0.25, 0.3) is 0 Å². The molecule has 1 aromatic carbocycles. The molecule has 0 spiro atoms. The van der Waals surface area contributed by atoms with Gasteiger partial charge in [-0.1, -0.05) is 18.5 Å². The Hall–Kier alpha value is -1.22. The van der Waals surface area contributed by atoms with Gasteiger partial charge < -0.3 is 11.1 Å². The van der Waals surface area contributed by atoms with Crippen LogP contribution < -0.4 is 11.1 Å². The number of amides is 1. The largest absolute Gasteiger partial charge is 0.399 e. The average Bonchev–Trinajstić information content (AvgIpc) is 2.89.